The third kappa shape index (κ3) is 4.15. The number of aromatic nitrogens is 2. The van der Waals surface area contributed by atoms with Crippen LogP contribution in [0.3, 0.4) is 0 Å². The summed E-state index contributed by atoms with van der Waals surface area (Å²) in [6.45, 7) is 0. The monoisotopic (exact) mass is 545 g/mol. The second-order valence-electron chi connectivity index (χ2n) is 6.86. The van der Waals surface area contributed by atoms with Gasteiger partial charge in [-0.1, -0.05) is 12.1 Å². The second kappa shape index (κ2) is 7.80. The number of halogens is 4. The summed E-state index contributed by atoms with van der Waals surface area (Å²) in [5, 5.41) is 0. The topological polar surface area (TPSA) is 72.0 Å². The molecule has 0 radical (unpaired) electrons. The van der Waals surface area contributed by atoms with Crippen molar-refractivity contribution < 1.29 is 21.6 Å². The Kier molecular flexibility index (Phi) is 5.47. The van der Waals surface area contributed by atoms with Crippen LogP contribution in [0.15, 0.2) is 59.8 Å². The molecule has 0 bridgehead atoms. The predicted octanol–water partition coefficient (Wildman–Crippen LogP) is 4.98. The third-order valence-electron chi connectivity index (χ3n) is 5.00. The first kappa shape index (κ1) is 21.0. The lowest BCUT2D eigenvalue weighted by Gasteiger charge is -2.16. The summed E-state index contributed by atoms with van der Waals surface area (Å²) in [6.07, 6.45) is -0.171. The third-order valence-corrected chi connectivity index (χ3v) is 7.26. The molecule has 0 saturated heterocycles. The predicted molar refractivity (Wildman–Crippen MR) is 114 cm³/mol. The molecule has 1 aromatic heterocycles. The number of hydrogen-bond acceptors (Lipinski definition) is 4. The van der Waals surface area contributed by atoms with Crippen molar-refractivity contribution in [2.45, 2.75) is 29.8 Å². The summed E-state index contributed by atoms with van der Waals surface area (Å²) in [5.41, 5.74) is 1.94. The molecule has 3 aromatic rings. The molecule has 0 aliphatic heterocycles. The molecule has 0 spiro atoms. The Morgan fingerprint density at radius 3 is 2.40 bits per heavy atom. The molecule has 1 aliphatic rings. The van der Waals surface area contributed by atoms with Gasteiger partial charge >= 0.3 is 6.18 Å². The van der Waals surface area contributed by atoms with Gasteiger partial charge in [0.25, 0.3) is 10.0 Å². The summed E-state index contributed by atoms with van der Waals surface area (Å²) in [5.74, 6) is -0.0912. The van der Waals surface area contributed by atoms with Crippen molar-refractivity contribution in [1.82, 2.24) is 9.97 Å². The number of sulfonamides is 1. The largest absolute Gasteiger partial charge is 0.416 e. The van der Waals surface area contributed by atoms with Gasteiger partial charge in [-0.2, -0.15) is 13.2 Å². The first-order chi connectivity index (χ1) is 14.1. The molecule has 10 heteroatoms. The van der Waals surface area contributed by atoms with Crippen molar-refractivity contribution in [3.63, 3.8) is 0 Å². The zero-order valence-electron chi connectivity index (χ0n) is 15.3. The highest BCUT2D eigenvalue weighted by atomic mass is 127. The van der Waals surface area contributed by atoms with Crippen molar-refractivity contribution in [2.75, 3.05) is 4.72 Å². The van der Waals surface area contributed by atoms with Crippen LogP contribution in [-0.2, 0) is 22.6 Å². The van der Waals surface area contributed by atoms with Gasteiger partial charge < -0.3 is 0 Å². The minimum atomic E-state index is -4.38. The molecule has 2 aromatic carbocycles. The fourth-order valence-corrected chi connectivity index (χ4v) is 5.50. The fraction of sp³-hybridized carbons (Fsp3) is 0.200. The quantitative estimate of drug-likeness (QED) is 0.470. The van der Waals surface area contributed by atoms with Crippen LogP contribution < -0.4 is 4.72 Å². The van der Waals surface area contributed by atoms with Crippen LogP contribution in [0.4, 0.5) is 19.1 Å². The summed E-state index contributed by atoms with van der Waals surface area (Å²) in [7, 11) is -3.85. The van der Waals surface area contributed by atoms with E-state index in [9.17, 15) is 21.6 Å². The van der Waals surface area contributed by atoms with E-state index in [0.717, 1.165) is 28.8 Å². The number of benzene rings is 2. The number of aryl methyl sites for hydroxylation is 1. The highest BCUT2D eigenvalue weighted by Gasteiger charge is 2.33. The van der Waals surface area contributed by atoms with Crippen LogP contribution in [0.2, 0.25) is 0 Å². The normalized spacial score (nSPS) is 16.3. The molecule has 0 fully saturated rings. The molecular weight excluding hydrogens is 530 g/mol. The van der Waals surface area contributed by atoms with Crippen molar-refractivity contribution in [1.29, 1.82) is 0 Å². The van der Waals surface area contributed by atoms with Crippen LogP contribution >= 0.6 is 22.6 Å². The molecule has 30 heavy (non-hydrogen) atoms. The van der Waals surface area contributed by atoms with Crippen molar-refractivity contribution in [3.05, 3.63) is 80.7 Å². The highest BCUT2D eigenvalue weighted by molar-refractivity contribution is 14.1. The maximum atomic E-state index is 13.0. The lowest BCUT2D eigenvalue weighted by molar-refractivity contribution is -0.137. The lowest BCUT2D eigenvalue weighted by atomic mass is 9.92. The van der Waals surface area contributed by atoms with Gasteiger partial charge in [0, 0.05) is 21.9 Å². The summed E-state index contributed by atoms with van der Waals surface area (Å²) in [4.78, 5) is 7.82. The van der Waals surface area contributed by atoms with Gasteiger partial charge in [0.2, 0.25) is 5.95 Å². The van der Waals surface area contributed by atoms with Crippen molar-refractivity contribution >= 4 is 38.6 Å². The van der Waals surface area contributed by atoms with E-state index < -0.39 is 21.8 Å². The maximum Gasteiger partial charge on any atom is 0.416 e. The second-order valence-corrected chi connectivity index (χ2v) is 9.71. The number of alkyl halides is 3. The average molecular weight is 545 g/mol. The molecular formula is C20H15F3IN3O2S. The first-order valence-electron chi connectivity index (χ1n) is 8.94. The molecule has 1 N–H and O–H groups in total. The zero-order chi connectivity index (χ0) is 21.5. The standard InChI is InChI=1S/C20H15F3IN3O2S/c21-20(22,23)13-3-6-17(18(24)11-13)16-5-2-12-10-14(4-7-15(12)16)30(28,29)27-19-25-8-1-9-26-19/h1,3-4,6-11,16H,2,5H2,(H,25,26,27)/t16-/m0/s1. The van der Waals surface area contributed by atoms with E-state index in [1.54, 1.807) is 18.2 Å². The van der Waals surface area contributed by atoms with Gasteiger partial charge in [0.1, 0.15) is 0 Å². The molecule has 1 atom stereocenters. The number of hydrogen-bond donors (Lipinski definition) is 1. The van der Waals surface area contributed by atoms with E-state index in [-0.39, 0.29) is 16.8 Å². The Morgan fingerprint density at radius 1 is 1.03 bits per heavy atom. The van der Waals surface area contributed by atoms with E-state index in [2.05, 4.69) is 14.7 Å². The molecule has 0 amide bonds. The SMILES string of the molecule is O=S(=O)(Nc1ncccn1)c1ccc2c(c1)CC[C@@H]2c1ccc(C(F)(F)F)cc1I. The lowest BCUT2D eigenvalue weighted by Crippen LogP contribution is -2.15. The van der Waals surface area contributed by atoms with Gasteiger partial charge in [0.15, 0.2) is 0 Å². The fourth-order valence-electron chi connectivity index (χ4n) is 3.60. The van der Waals surface area contributed by atoms with Crippen LogP contribution in [0, 0.1) is 3.57 Å². The van der Waals surface area contributed by atoms with Gasteiger partial charge in [-0.05, 0) is 82.5 Å². The molecule has 1 heterocycles. The smallest absolute Gasteiger partial charge is 0.247 e. The van der Waals surface area contributed by atoms with Crippen LogP contribution in [-0.4, -0.2) is 18.4 Å². The van der Waals surface area contributed by atoms with Gasteiger partial charge in [-0.3, -0.25) is 0 Å². The highest BCUT2D eigenvalue weighted by Crippen LogP contribution is 2.42. The van der Waals surface area contributed by atoms with Crippen molar-refractivity contribution in [3.8, 4) is 0 Å². The number of fused-ring (bicyclic) bond motifs is 1. The van der Waals surface area contributed by atoms with Crippen molar-refractivity contribution in [2.24, 2.45) is 0 Å². The number of anilines is 1. The Hall–Kier alpha value is -2.21. The minimum Gasteiger partial charge on any atom is -0.247 e. The molecule has 156 valence electrons. The van der Waals surface area contributed by atoms with Crippen LogP contribution in [0.1, 0.15) is 34.6 Å². The Morgan fingerprint density at radius 2 is 1.73 bits per heavy atom. The van der Waals surface area contributed by atoms with E-state index in [4.69, 9.17) is 0 Å². The Bertz CT molecular complexity index is 1200. The molecule has 4 rings (SSSR count). The van der Waals surface area contributed by atoms with E-state index in [1.807, 2.05) is 22.6 Å². The van der Waals surface area contributed by atoms with E-state index in [0.29, 0.717) is 16.4 Å². The minimum absolute atomic E-state index is 0.0183. The number of nitrogens with zero attached hydrogens (tertiary/aromatic N) is 2. The van der Waals surface area contributed by atoms with Crippen LogP contribution in [0.25, 0.3) is 0 Å². The number of nitrogens with one attached hydrogen (secondary N) is 1. The molecule has 0 unspecified atom stereocenters. The van der Waals surface area contributed by atoms with Gasteiger partial charge in [-0.25, -0.2) is 23.1 Å². The van der Waals surface area contributed by atoms with E-state index in [1.165, 1.54) is 24.5 Å². The average Bonchev–Trinajstić information content (AvgIpc) is 3.11. The van der Waals surface area contributed by atoms with E-state index >= 15 is 0 Å². The molecule has 5 nitrogen and oxygen atoms in total. The zero-order valence-corrected chi connectivity index (χ0v) is 18.3. The maximum absolute atomic E-state index is 13.0. The molecule has 0 saturated carbocycles. The molecule has 1 aliphatic carbocycles. The van der Waals surface area contributed by atoms with Gasteiger partial charge in [0.05, 0.1) is 10.5 Å². The Labute approximate surface area is 185 Å². The summed E-state index contributed by atoms with van der Waals surface area (Å²) in [6, 6.07) is 10.2. The summed E-state index contributed by atoms with van der Waals surface area (Å²) < 4.78 is 67.0. The Balaban J connectivity index is 1.63. The van der Waals surface area contributed by atoms with Gasteiger partial charge in [-0.15, -0.1) is 0 Å². The van der Waals surface area contributed by atoms with Crippen LogP contribution in [0.5, 0.6) is 0 Å². The summed E-state index contributed by atoms with van der Waals surface area (Å²) >= 11 is 1.93. The number of rotatable bonds is 4. The first-order valence-corrected chi connectivity index (χ1v) is 11.5.